The van der Waals surface area contributed by atoms with Gasteiger partial charge in [-0.15, -0.1) is 9.98 Å². The van der Waals surface area contributed by atoms with E-state index in [4.69, 9.17) is 10.5 Å². The fourth-order valence-electron chi connectivity index (χ4n) is 3.11. The highest BCUT2D eigenvalue weighted by molar-refractivity contribution is 8.14. The van der Waals surface area contributed by atoms with Crippen molar-refractivity contribution in [2.24, 2.45) is 9.98 Å². The number of hydrogen-bond acceptors (Lipinski definition) is 6. The lowest BCUT2D eigenvalue weighted by Crippen LogP contribution is -2.50. The summed E-state index contributed by atoms with van der Waals surface area (Å²) in [6.45, 7) is 5.99. The number of amidine groups is 2. The molecule has 6 nitrogen and oxygen atoms in total. The third-order valence-corrected chi connectivity index (χ3v) is 6.44. The summed E-state index contributed by atoms with van der Waals surface area (Å²) in [5, 5.41) is 19.3. The summed E-state index contributed by atoms with van der Waals surface area (Å²) in [6, 6.07) is 0. The second kappa shape index (κ2) is 6.54. The van der Waals surface area contributed by atoms with Crippen LogP contribution in [0.5, 0.6) is 0 Å². The molecule has 3 rings (SSSR count). The molecule has 0 saturated carbocycles. The first kappa shape index (κ1) is 16.9. The normalized spacial score (nSPS) is 35.7. The number of aliphatic imine (C=N–C) groups is 2. The first-order valence-corrected chi connectivity index (χ1v) is 9.65. The summed E-state index contributed by atoms with van der Waals surface area (Å²) in [6.07, 6.45) is 12.5. The maximum absolute atomic E-state index is 8.87. The molecule has 0 unspecified atom stereocenters. The maximum Gasteiger partial charge on any atom is 0.208 e. The molecule has 0 aromatic carbocycles. The Hall–Kier alpha value is -1.90. The van der Waals surface area contributed by atoms with Crippen molar-refractivity contribution in [3.63, 3.8) is 0 Å². The third-order valence-electron chi connectivity index (χ3n) is 4.52. The van der Waals surface area contributed by atoms with Gasteiger partial charge in [0, 0.05) is 24.6 Å². The first-order chi connectivity index (χ1) is 11.5. The first-order valence-electron chi connectivity index (χ1n) is 7.68. The van der Waals surface area contributed by atoms with E-state index >= 15 is 0 Å². The molecule has 0 aromatic rings. The van der Waals surface area contributed by atoms with Gasteiger partial charge in [-0.2, -0.15) is 10.5 Å². The van der Waals surface area contributed by atoms with E-state index in [2.05, 4.69) is 57.9 Å². The van der Waals surface area contributed by atoms with Gasteiger partial charge in [-0.1, -0.05) is 47.8 Å². The van der Waals surface area contributed by atoms with E-state index in [9.17, 15) is 0 Å². The Morgan fingerprint density at radius 1 is 0.875 bits per heavy atom. The zero-order valence-electron chi connectivity index (χ0n) is 13.6. The van der Waals surface area contributed by atoms with Gasteiger partial charge >= 0.3 is 0 Å². The molecule has 124 valence electrons. The maximum atomic E-state index is 8.87. The van der Waals surface area contributed by atoms with Crippen molar-refractivity contribution in [3.05, 3.63) is 24.3 Å². The molecule has 24 heavy (non-hydrogen) atoms. The van der Waals surface area contributed by atoms with Crippen molar-refractivity contribution in [2.45, 2.75) is 24.9 Å². The van der Waals surface area contributed by atoms with Crippen molar-refractivity contribution in [1.82, 2.24) is 9.80 Å². The molecule has 0 atom stereocenters. The van der Waals surface area contributed by atoms with Crippen LogP contribution in [0.3, 0.4) is 0 Å². The predicted molar refractivity (Wildman–Crippen MR) is 99.5 cm³/mol. The van der Waals surface area contributed by atoms with Crippen LogP contribution in [0.15, 0.2) is 34.3 Å². The van der Waals surface area contributed by atoms with Crippen molar-refractivity contribution < 1.29 is 0 Å². The van der Waals surface area contributed by atoms with Gasteiger partial charge in [0.05, 0.1) is 11.1 Å². The number of hydrogen-bond donors (Lipinski definition) is 0. The van der Waals surface area contributed by atoms with E-state index in [1.54, 1.807) is 23.5 Å². The van der Waals surface area contributed by atoms with Crippen LogP contribution in [0, 0.1) is 22.9 Å². The number of rotatable bonds is 2. The van der Waals surface area contributed by atoms with E-state index in [0.29, 0.717) is 0 Å². The van der Waals surface area contributed by atoms with Crippen LogP contribution in [-0.2, 0) is 0 Å². The highest BCUT2D eigenvalue weighted by Crippen LogP contribution is 2.37. The molecule has 0 aromatic heterocycles. The molecular weight excluding hydrogens is 340 g/mol. The predicted octanol–water partition coefficient (Wildman–Crippen LogP) is 2.40. The van der Waals surface area contributed by atoms with E-state index in [1.165, 1.54) is 0 Å². The van der Waals surface area contributed by atoms with E-state index in [1.807, 2.05) is 12.4 Å². The van der Waals surface area contributed by atoms with Gasteiger partial charge in [0.25, 0.3) is 0 Å². The van der Waals surface area contributed by atoms with E-state index < -0.39 is 0 Å². The Balaban J connectivity index is 1.85. The fraction of sp³-hybridized carbons (Fsp3) is 0.500. The zero-order chi connectivity index (χ0) is 17.2. The van der Waals surface area contributed by atoms with Crippen LogP contribution in [0.25, 0.3) is 0 Å². The Morgan fingerprint density at radius 3 is 1.58 bits per heavy atom. The minimum atomic E-state index is -0.294. The monoisotopic (exact) mass is 358 g/mol. The minimum absolute atomic E-state index is 0.294. The zero-order valence-corrected chi connectivity index (χ0v) is 15.3. The van der Waals surface area contributed by atoms with Gasteiger partial charge in [-0.05, 0) is 13.8 Å². The average molecular weight is 358 g/mol. The number of thioether (sulfide) groups is 2. The molecule has 0 spiro atoms. The molecule has 2 aliphatic heterocycles. The summed E-state index contributed by atoms with van der Waals surface area (Å²) in [5.74, 6) is 1.88. The molecule has 2 fully saturated rings. The number of nitriles is 2. The lowest BCUT2D eigenvalue weighted by molar-refractivity contribution is 0.291. The smallest absolute Gasteiger partial charge is 0.208 e. The largest absolute Gasteiger partial charge is 0.337 e. The molecule has 8 heteroatoms. The summed E-state index contributed by atoms with van der Waals surface area (Å²) in [7, 11) is 0. The van der Waals surface area contributed by atoms with Gasteiger partial charge in [0.15, 0.2) is 10.3 Å². The van der Waals surface area contributed by atoms with Crippen LogP contribution in [0.1, 0.15) is 13.8 Å². The van der Waals surface area contributed by atoms with Gasteiger partial charge < -0.3 is 9.80 Å². The Morgan fingerprint density at radius 2 is 1.25 bits per heavy atom. The molecule has 0 amide bonds. The van der Waals surface area contributed by atoms with Crippen molar-refractivity contribution in [1.29, 1.82) is 10.5 Å². The number of nitrogens with zero attached hydrogens (tertiary/aromatic N) is 6. The highest BCUT2D eigenvalue weighted by Gasteiger charge is 2.40. The van der Waals surface area contributed by atoms with Crippen LogP contribution in [-0.4, -0.2) is 55.8 Å². The van der Waals surface area contributed by atoms with Crippen molar-refractivity contribution in [3.8, 4) is 12.4 Å². The topological polar surface area (TPSA) is 78.8 Å². The fourth-order valence-corrected chi connectivity index (χ4v) is 5.13. The average Bonchev–Trinajstić information content (AvgIpc) is 3.21. The van der Waals surface area contributed by atoms with E-state index in [-0.39, 0.29) is 11.1 Å². The van der Waals surface area contributed by atoms with Crippen molar-refractivity contribution >= 4 is 33.9 Å². The van der Waals surface area contributed by atoms with Gasteiger partial charge in [0.2, 0.25) is 12.4 Å². The summed E-state index contributed by atoms with van der Waals surface area (Å²) in [5.41, 5.74) is -0.587. The summed E-state index contributed by atoms with van der Waals surface area (Å²) < 4.78 is 0. The summed E-state index contributed by atoms with van der Waals surface area (Å²) >= 11 is 3.23. The standard InChI is InChI=1S/C16H18N6S2/c1-15(21-7-9-23-13(21)19-11-17)3-5-16(2,6-4-15)22-8-10-24-14(22)20-12-18/h3-6H,7-10H2,1-2H3. The molecular formula is C16H18N6S2. The van der Waals surface area contributed by atoms with Crippen LogP contribution in [0.2, 0.25) is 0 Å². The molecule has 1 aliphatic carbocycles. The Bertz CT molecular complexity index is 650. The lowest BCUT2D eigenvalue weighted by atomic mass is 9.85. The SMILES string of the molecule is CC1(N2CCSC2=NC#N)C=CC(C)(N2CCSC2=NC#N)C=C1. The molecule has 0 radical (unpaired) electrons. The molecule has 0 N–H and O–H groups in total. The molecule has 2 heterocycles. The van der Waals surface area contributed by atoms with Crippen LogP contribution < -0.4 is 0 Å². The highest BCUT2D eigenvalue weighted by atomic mass is 32.2. The molecule has 3 aliphatic rings. The van der Waals surface area contributed by atoms with E-state index in [0.717, 1.165) is 34.9 Å². The minimum Gasteiger partial charge on any atom is -0.337 e. The Kier molecular flexibility index (Phi) is 4.62. The Labute approximate surface area is 150 Å². The van der Waals surface area contributed by atoms with Crippen LogP contribution >= 0.6 is 23.5 Å². The van der Waals surface area contributed by atoms with Gasteiger partial charge in [0.1, 0.15) is 0 Å². The van der Waals surface area contributed by atoms with Crippen molar-refractivity contribution in [2.75, 3.05) is 24.6 Å². The molecule has 2 saturated heterocycles. The van der Waals surface area contributed by atoms with Crippen LogP contribution in [0.4, 0.5) is 0 Å². The van der Waals surface area contributed by atoms with Gasteiger partial charge in [-0.3, -0.25) is 0 Å². The second-order valence-electron chi connectivity index (χ2n) is 6.11. The molecule has 0 bridgehead atoms. The quantitative estimate of drug-likeness (QED) is 0.557. The van der Waals surface area contributed by atoms with Gasteiger partial charge in [-0.25, -0.2) is 0 Å². The lowest BCUT2D eigenvalue weighted by Gasteiger charge is -2.42. The summed E-state index contributed by atoms with van der Waals surface area (Å²) in [4.78, 5) is 12.2. The second-order valence-corrected chi connectivity index (χ2v) is 8.23. The third kappa shape index (κ3) is 2.92.